The van der Waals surface area contributed by atoms with Gasteiger partial charge in [-0.15, -0.1) is 10.1 Å². The lowest BCUT2D eigenvalue weighted by Crippen LogP contribution is -2.42. The van der Waals surface area contributed by atoms with Gasteiger partial charge >= 0.3 is 5.91 Å². The van der Waals surface area contributed by atoms with Crippen molar-refractivity contribution in [3.05, 3.63) is 105 Å². The normalized spacial score (nSPS) is 19.3. The van der Waals surface area contributed by atoms with E-state index in [1.807, 2.05) is 86.8 Å². The predicted octanol–water partition coefficient (Wildman–Crippen LogP) is 4.08. The molecule has 3 aromatic carbocycles. The number of nitrogens with one attached hydrogen (secondary N) is 2. The highest BCUT2D eigenvalue weighted by molar-refractivity contribution is 9.10. The van der Waals surface area contributed by atoms with Crippen LogP contribution in [0.3, 0.4) is 0 Å². The van der Waals surface area contributed by atoms with Gasteiger partial charge in [-0.1, -0.05) is 63.5 Å². The third-order valence-corrected chi connectivity index (χ3v) is 5.81. The molecule has 0 saturated carbocycles. The number of hydrazine groups is 1. The fourth-order valence-electron chi connectivity index (χ4n) is 3.66. The maximum absolute atomic E-state index is 12.9. The van der Waals surface area contributed by atoms with Gasteiger partial charge in [-0.3, -0.25) is 9.59 Å². The van der Waals surface area contributed by atoms with Crippen LogP contribution in [0.1, 0.15) is 38.7 Å². The Labute approximate surface area is 189 Å². The number of aryl methyl sites for hydroxylation is 2. The first-order valence-electron chi connectivity index (χ1n) is 10.0. The van der Waals surface area contributed by atoms with E-state index in [9.17, 15) is 9.59 Å². The summed E-state index contributed by atoms with van der Waals surface area (Å²) in [5.74, 6) is -0.522. The molecule has 6 heteroatoms. The van der Waals surface area contributed by atoms with E-state index in [-0.39, 0.29) is 17.9 Å². The molecule has 0 unspecified atom stereocenters. The highest BCUT2D eigenvalue weighted by atomic mass is 79.9. The summed E-state index contributed by atoms with van der Waals surface area (Å²) < 4.78 is 2.76. The number of rotatable bonds is 4. The van der Waals surface area contributed by atoms with Crippen molar-refractivity contribution in [2.75, 3.05) is 0 Å². The second kappa shape index (κ2) is 8.86. The Hall–Kier alpha value is -3.25. The second-order valence-corrected chi connectivity index (χ2v) is 8.66. The van der Waals surface area contributed by atoms with Crippen LogP contribution in [0, 0.1) is 13.8 Å². The summed E-state index contributed by atoms with van der Waals surface area (Å²) in [5, 5.41) is 2.94. The molecule has 2 amide bonds. The summed E-state index contributed by atoms with van der Waals surface area (Å²) >= 11 is 3.44. The van der Waals surface area contributed by atoms with Gasteiger partial charge in [-0.05, 0) is 50.2 Å². The van der Waals surface area contributed by atoms with E-state index in [0.717, 1.165) is 26.7 Å². The van der Waals surface area contributed by atoms with Crippen LogP contribution in [0.4, 0.5) is 0 Å². The fourth-order valence-corrected chi connectivity index (χ4v) is 3.93. The summed E-state index contributed by atoms with van der Waals surface area (Å²) in [6, 6.07) is 22.0. The molecule has 2 N–H and O–H groups in total. The molecule has 1 saturated heterocycles. The van der Waals surface area contributed by atoms with Crippen LogP contribution in [0.2, 0.25) is 0 Å². The van der Waals surface area contributed by atoms with E-state index in [0.29, 0.717) is 5.56 Å². The van der Waals surface area contributed by atoms with Crippen molar-refractivity contribution >= 4 is 34.0 Å². The topological polar surface area (TPSA) is 61.2 Å². The molecular weight excluding hydrogens is 454 g/mol. The molecule has 0 aromatic heterocycles. The molecule has 0 bridgehead atoms. The van der Waals surface area contributed by atoms with Gasteiger partial charge in [0.2, 0.25) is 12.3 Å². The first kappa shape index (κ1) is 21.0. The lowest BCUT2D eigenvalue weighted by Gasteiger charge is -2.15. The van der Waals surface area contributed by atoms with Crippen molar-refractivity contribution in [3.8, 4) is 0 Å². The first-order chi connectivity index (χ1) is 14.9. The Morgan fingerprint density at radius 3 is 2.39 bits per heavy atom. The Bertz CT molecular complexity index is 1150. The minimum absolute atomic E-state index is 0.250. The van der Waals surface area contributed by atoms with Crippen molar-refractivity contribution < 1.29 is 14.3 Å². The molecule has 3 aromatic rings. The van der Waals surface area contributed by atoms with Gasteiger partial charge in [0.15, 0.2) is 6.04 Å². The zero-order valence-corrected chi connectivity index (χ0v) is 18.9. The molecule has 156 valence electrons. The van der Waals surface area contributed by atoms with E-state index >= 15 is 0 Å². The Morgan fingerprint density at radius 1 is 1.00 bits per heavy atom. The highest BCUT2D eigenvalue weighted by Gasteiger charge is 2.47. The van der Waals surface area contributed by atoms with Crippen LogP contribution in [-0.2, 0) is 4.79 Å². The number of hydrogen-bond acceptors (Lipinski definition) is 2. The number of carbonyl (C=O) groups excluding carboxylic acids is 2. The Balaban J connectivity index is 1.70. The van der Waals surface area contributed by atoms with Gasteiger partial charge < -0.3 is 5.32 Å². The minimum Gasteiger partial charge on any atom is -0.334 e. The minimum atomic E-state index is -0.734. The quantitative estimate of drug-likeness (QED) is 0.557. The van der Waals surface area contributed by atoms with Gasteiger partial charge in [0.25, 0.3) is 5.91 Å². The molecule has 1 aliphatic rings. The van der Waals surface area contributed by atoms with Gasteiger partial charge in [-0.25, -0.2) is 0 Å². The van der Waals surface area contributed by atoms with E-state index in [1.165, 1.54) is 0 Å². The molecule has 4 rings (SSSR count). The number of halogens is 1. The lowest BCUT2D eigenvalue weighted by atomic mass is 9.98. The molecule has 1 aliphatic heterocycles. The van der Waals surface area contributed by atoms with Gasteiger partial charge in [-0.2, -0.15) is 0 Å². The van der Waals surface area contributed by atoms with Gasteiger partial charge in [0, 0.05) is 21.2 Å². The standard InChI is InChI=1S/C25H22BrN3O2/c1-16-6-10-19(11-7-16)23-22(27-24(30)20-5-3-4-17(2)14-20)25(31)28-29(23)15-18-8-12-21(26)13-9-18/h3-15,22-23H,1-2H3,(H-,27,28,30,31)/p+1/b29-15-/t22-,23-/m0/s1. The molecule has 1 heterocycles. The third-order valence-electron chi connectivity index (χ3n) is 5.28. The van der Waals surface area contributed by atoms with Crippen LogP contribution in [0.15, 0.2) is 77.3 Å². The molecular formula is C25H23BrN3O2+. The molecule has 2 atom stereocenters. The average Bonchev–Trinajstić information content (AvgIpc) is 3.05. The van der Waals surface area contributed by atoms with Crippen LogP contribution < -0.4 is 10.7 Å². The number of amides is 2. The molecule has 1 fully saturated rings. The lowest BCUT2D eigenvalue weighted by molar-refractivity contribution is -0.596. The summed E-state index contributed by atoms with van der Waals surface area (Å²) in [5.41, 5.74) is 7.44. The zero-order valence-electron chi connectivity index (χ0n) is 17.3. The van der Waals surface area contributed by atoms with Crippen LogP contribution in [-0.4, -0.2) is 28.8 Å². The van der Waals surface area contributed by atoms with Gasteiger partial charge in [0.1, 0.15) is 0 Å². The van der Waals surface area contributed by atoms with Crippen molar-refractivity contribution in [2.24, 2.45) is 0 Å². The zero-order chi connectivity index (χ0) is 22.0. The molecule has 5 nitrogen and oxygen atoms in total. The average molecular weight is 477 g/mol. The molecule has 0 spiro atoms. The van der Waals surface area contributed by atoms with E-state index < -0.39 is 6.04 Å². The predicted molar refractivity (Wildman–Crippen MR) is 124 cm³/mol. The fraction of sp³-hybridized carbons (Fsp3) is 0.160. The summed E-state index contributed by atoms with van der Waals surface area (Å²) in [6.07, 6.45) is 1.88. The number of hydrogen-bond donors (Lipinski definition) is 2. The van der Waals surface area contributed by atoms with Crippen molar-refractivity contribution in [2.45, 2.75) is 25.9 Å². The Morgan fingerprint density at radius 2 is 1.71 bits per heavy atom. The van der Waals surface area contributed by atoms with Gasteiger partial charge in [0.05, 0.1) is 0 Å². The molecule has 0 radical (unpaired) electrons. The van der Waals surface area contributed by atoms with E-state index in [1.54, 1.807) is 10.8 Å². The summed E-state index contributed by atoms with van der Waals surface area (Å²) in [4.78, 5) is 25.8. The third kappa shape index (κ3) is 4.75. The smallest absolute Gasteiger partial charge is 0.304 e. The summed E-state index contributed by atoms with van der Waals surface area (Å²) in [7, 11) is 0. The van der Waals surface area contributed by atoms with Crippen molar-refractivity contribution in [1.82, 2.24) is 10.7 Å². The van der Waals surface area contributed by atoms with Crippen LogP contribution in [0.5, 0.6) is 0 Å². The second-order valence-electron chi connectivity index (χ2n) is 7.74. The highest BCUT2D eigenvalue weighted by Crippen LogP contribution is 2.26. The number of nitrogens with zero attached hydrogens (tertiary/aromatic N) is 1. The van der Waals surface area contributed by atoms with Crippen LogP contribution in [0.25, 0.3) is 0 Å². The van der Waals surface area contributed by atoms with E-state index in [4.69, 9.17) is 0 Å². The van der Waals surface area contributed by atoms with Crippen molar-refractivity contribution in [3.63, 3.8) is 0 Å². The molecule has 0 aliphatic carbocycles. The monoisotopic (exact) mass is 476 g/mol. The summed E-state index contributed by atoms with van der Waals surface area (Å²) in [6.45, 7) is 3.95. The maximum Gasteiger partial charge on any atom is 0.304 e. The first-order valence-corrected chi connectivity index (χ1v) is 10.8. The number of carbonyl (C=O) groups is 2. The van der Waals surface area contributed by atoms with E-state index in [2.05, 4.69) is 26.7 Å². The molecule has 31 heavy (non-hydrogen) atoms. The van der Waals surface area contributed by atoms with Crippen molar-refractivity contribution in [1.29, 1.82) is 0 Å². The maximum atomic E-state index is 12.9. The SMILES string of the molecule is Cc1ccc([C@H]2[C@H](NC(=O)c3cccc(C)c3)C(=O)N/[N+]2=C\c2ccc(Br)cc2)cc1. The largest absolute Gasteiger partial charge is 0.334 e. The van der Waals surface area contributed by atoms with Crippen LogP contribution >= 0.6 is 15.9 Å². The Kier molecular flexibility index (Phi) is 6.00. The number of hydrazone groups is 1. The number of benzene rings is 3.